The van der Waals surface area contributed by atoms with Crippen LogP contribution >= 0.6 is 0 Å². The van der Waals surface area contributed by atoms with Gasteiger partial charge in [-0.05, 0) is 0 Å². The van der Waals surface area contributed by atoms with Crippen molar-refractivity contribution < 1.29 is 85.6 Å². The summed E-state index contributed by atoms with van der Waals surface area (Å²) in [6.45, 7) is 0. The number of rotatable bonds is 0. The van der Waals surface area contributed by atoms with E-state index < -0.39 is 0 Å². The second-order valence-corrected chi connectivity index (χ2v) is 0. The predicted molar refractivity (Wildman–Crippen MR) is 0 cm³/mol. The first-order valence-corrected chi connectivity index (χ1v) is 0. The van der Waals surface area contributed by atoms with Gasteiger partial charge in [-0.3, -0.25) is 0 Å². The Morgan fingerprint density at radius 1 is 1.00 bits per heavy atom. The van der Waals surface area contributed by atoms with E-state index in [0.717, 1.165) is 0 Å². The van der Waals surface area contributed by atoms with E-state index in [1.165, 1.54) is 0 Å². The number of hydrogen-bond donors (Lipinski definition) is 0. The predicted octanol–water partition coefficient (Wildman–Crippen LogP) is -0.0100. The van der Waals surface area contributed by atoms with Crippen molar-refractivity contribution in [3.05, 3.63) is 0 Å². The van der Waals surface area contributed by atoms with Crippen molar-refractivity contribution in [2.75, 3.05) is 0 Å². The van der Waals surface area contributed by atoms with Gasteiger partial charge in [-0.25, -0.2) is 0 Å². The molecule has 0 amide bonds. The van der Waals surface area contributed by atoms with Crippen LogP contribution in [0.5, 0.6) is 0 Å². The van der Waals surface area contributed by atoms with Crippen molar-refractivity contribution in [1.29, 1.82) is 0 Å². The Kier molecular flexibility index (Phi) is 124. The standard InChI is InChI=1S/Au.Pd.Ti.W. The second kappa shape index (κ2) is 17.0. The summed E-state index contributed by atoms with van der Waals surface area (Å²) in [4.78, 5) is 0. The molecule has 0 heterocycles. The fourth-order valence-electron chi connectivity index (χ4n) is 0. The summed E-state index contributed by atoms with van der Waals surface area (Å²) in [5.41, 5.74) is 0. The second-order valence-electron chi connectivity index (χ2n) is 0. The van der Waals surface area contributed by atoms with Gasteiger partial charge in [0.25, 0.3) is 0 Å². The zero-order valence-electron chi connectivity index (χ0n) is 1.53. The van der Waals surface area contributed by atoms with E-state index in [0.29, 0.717) is 0 Å². The van der Waals surface area contributed by atoms with Crippen LogP contribution in [0.1, 0.15) is 0 Å². The van der Waals surface area contributed by atoms with Gasteiger partial charge in [0.05, 0.1) is 0 Å². The van der Waals surface area contributed by atoms with Crippen molar-refractivity contribution >= 4 is 0 Å². The molecule has 0 aliphatic carbocycles. The zero-order chi connectivity index (χ0) is 0. The van der Waals surface area contributed by atoms with E-state index in [2.05, 4.69) is 0 Å². The average molecular weight is 535 g/mol. The molecule has 0 spiro atoms. The minimum Gasteiger partial charge on any atom is 0 e. The molecule has 4 heavy (non-hydrogen) atoms. The Balaban J connectivity index is 0. The van der Waals surface area contributed by atoms with Gasteiger partial charge in [-0.15, -0.1) is 0 Å². The molecule has 0 bridgehead atoms. The molecule has 0 aliphatic heterocycles. The Morgan fingerprint density at radius 2 is 1.00 bits per heavy atom. The molecule has 4 heteroatoms. The maximum absolute atomic E-state index is 0. The van der Waals surface area contributed by atoms with Gasteiger partial charge >= 0.3 is 0 Å². The van der Waals surface area contributed by atoms with Crippen LogP contribution in [0.25, 0.3) is 0 Å². The number of hydrogen-bond acceptors (Lipinski definition) is 0. The third-order valence-electron chi connectivity index (χ3n) is 0. The Bertz CT molecular complexity index is 8.00. The van der Waals surface area contributed by atoms with Gasteiger partial charge in [0.2, 0.25) is 0 Å². The summed E-state index contributed by atoms with van der Waals surface area (Å²) < 4.78 is 0. The van der Waals surface area contributed by atoms with E-state index in [1.54, 1.807) is 0 Å². The fraction of sp³-hybridized carbons (Fsp3) is 0. The van der Waals surface area contributed by atoms with E-state index in [9.17, 15) is 0 Å². The van der Waals surface area contributed by atoms with E-state index in [1.807, 2.05) is 0 Å². The molecule has 0 N–H and O–H groups in total. The molecule has 0 aromatic rings. The summed E-state index contributed by atoms with van der Waals surface area (Å²) >= 11 is 0. The van der Waals surface area contributed by atoms with Crippen LogP contribution in [0.2, 0.25) is 0 Å². The normalized spacial score (nSPS) is 0. The topological polar surface area (TPSA) is 0 Å². The molecular weight excluding hydrogens is 535 g/mol. The molecule has 0 aliphatic rings. The molecule has 0 aromatic heterocycles. The first kappa shape index (κ1) is 29.1. The minimum atomic E-state index is 0. The smallest absolute Gasteiger partial charge is 0 e. The van der Waals surface area contributed by atoms with Crippen LogP contribution in [-0.4, -0.2) is 0 Å². The van der Waals surface area contributed by atoms with Crippen LogP contribution in [-0.2, 0) is 85.6 Å². The first-order chi connectivity index (χ1) is 0. The molecular formula is AuPdTiW. The molecule has 0 rings (SSSR count). The third kappa shape index (κ3) is 8.84. The van der Waals surface area contributed by atoms with Crippen molar-refractivity contribution in [2.24, 2.45) is 0 Å². The van der Waals surface area contributed by atoms with Crippen molar-refractivity contribution in [3.8, 4) is 0 Å². The largest absolute Gasteiger partial charge is 0 e. The molecule has 0 saturated carbocycles. The molecule has 1 radical (unpaired) electrons. The van der Waals surface area contributed by atoms with E-state index >= 15 is 0 Å². The molecule has 0 atom stereocenters. The van der Waals surface area contributed by atoms with Crippen molar-refractivity contribution in [1.82, 2.24) is 0 Å². The van der Waals surface area contributed by atoms with E-state index in [-0.39, 0.29) is 85.6 Å². The maximum atomic E-state index is 0. The summed E-state index contributed by atoms with van der Waals surface area (Å²) in [5, 5.41) is 0. The van der Waals surface area contributed by atoms with Crippen LogP contribution in [0.3, 0.4) is 0 Å². The van der Waals surface area contributed by atoms with Crippen LogP contribution in [0, 0.1) is 0 Å². The molecule has 0 fully saturated rings. The minimum absolute atomic E-state index is 0. The van der Waals surface area contributed by atoms with Crippen LogP contribution in [0.4, 0.5) is 0 Å². The Hall–Kier alpha value is 2.81. The first-order valence-electron chi connectivity index (χ1n) is 0. The zero-order valence-corrected chi connectivity index (χ0v) is 9.74. The summed E-state index contributed by atoms with van der Waals surface area (Å²) in [6.07, 6.45) is 0. The van der Waals surface area contributed by atoms with Gasteiger partial charge in [-0.2, -0.15) is 0 Å². The molecule has 0 aromatic carbocycles. The monoisotopic (exact) mass is 535 g/mol. The van der Waals surface area contributed by atoms with E-state index in [4.69, 9.17) is 0 Å². The average Bonchev–Trinajstić information content (AvgIpc) is 0. The summed E-state index contributed by atoms with van der Waals surface area (Å²) in [7, 11) is 0. The van der Waals surface area contributed by atoms with Gasteiger partial charge in [0.1, 0.15) is 0 Å². The molecule has 31 valence electrons. The van der Waals surface area contributed by atoms with Gasteiger partial charge in [0.15, 0.2) is 0 Å². The van der Waals surface area contributed by atoms with Crippen LogP contribution in [0.15, 0.2) is 0 Å². The maximum Gasteiger partial charge on any atom is 0 e. The summed E-state index contributed by atoms with van der Waals surface area (Å²) in [6, 6.07) is 0. The molecule has 0 nitrogen and oxygen atoms in total. The Morgan fingerprint density at radius 3 is 1.00 bits per heavy atom. The quantitative estimate of drug-likeness (QED) is 0.384. The fourth-order valence-corrected chi connectivity index (χ4v) is 0. The van der Waals surface area contributed by atoms with Crippen LogP contribution < -0.4 is 0 Å². The van der Waals surface area contributed by atoms with Gasteiger partial charge < -0.3 is 0 Å². The summed E-state index contributed by atoms with van der Waals surface area (Å²) in [5.74, 6) is 0. The SMILES string of the molecule is [Au].[Pd].[Ti].[W]. The van der Waals surface area contributed by atoms with Gasteiger partial charge in [-0.1, -0.05) is 0 Å². The third-order valence-corrected chi connectivity index (χ3v) is 0. The molecule has 0 saturated heterocycles. The molecule has 0 unspecified atom stereocenters. The van der Waals surface area contributed by atoms with Crippen molar-refractivity contribution in [3.63, 3.8) is 0 Å². The van der Waals surface area contributed by atoms with Crippen molar-refractivity contribution in [2.45, 2.75) is 0 Å². The Labute approximate surface area is 84.2 Å². The van der Waals surface area contributed by atoms with Gasteiger partial charge in [0, 0.05) is 85.6 Å².